The molecule has 1 aliphatic heterocycles. The lowest BCUT2D eigenvalue weighted by Crippen LogP contribution is -2.39. The number of nitrogens with zero attached hydrogens (tertiary/aromatic N) is 3. The van der Waals surface area contributed by atoms with Crippen molar-refractivity contribution in [3.05, 3.63) is 58.6 Å². The number of H-pyrrole nitrogens is 2. The molecule has 0 bridgehead atoms. The molecular weight excluding hydrogens is 350 g/mol. The average molecular weight is 370 g/mol. The second-order valence-corrected chi connectivity index (χ2v) is 7.15. The minimum absolute atomic E-state index is 0.103. The van der Waals surface area contributed by atoms with Gasteiger partial charge in [-0.15, -0.1) is 0 Å². The minimum atomic E-state index is -0.103. The summed E-state index contributed by atoms with van der Waals surface area (Å²) in [6.07, 6.45) is 5.28. The molecule has 134 valence electrons. The second kappa shape index (κ2) is 6.96. The molecule has 26 heavy (non-hydrogen) atoms. The zero-order chi connectivity index (χ0) is 18.1. The van der Waals surface area contributed by atoms with Gasteiger partial charge in [0.25, 0.3) is 5.91 Å². The van der Waals surface area contributed by atoms with E-state index in [0.717, 1.165) is 36.2 Å². The van der Waals surface area contributed by atoms with Crippen LogP contribution in [0.1, 0.15) is 40.5 Å². The van der Waals surface area contributed by atoms with E-state index in [4.69, 9.17) is 11.6 Å². The normalized spacial score (nSPS) is 17.5. The summed E-state index contributed by atoms with van der Waals surface area (Å²) in [4.78, 5) is 14.6. The van der Waals surface area contributed by atoms with E-state index in [9.17, 15) is 4.79 Å². The van der Waals surface area contributed by atoms with Gasteiger partial charge in [0.15, 0.2) is 0 Å². The Bertz CT molecular complexity index is 914. The topological polar surface area (TPSA) is 77.7 Å². The van der Waals surface area contributed by atoms with Gasteiger partial charge >= 0.3 is 0 Å². The first kappa shape index (κ1) is 16.8. The first-order valence-corrected chi connectivity index (χ1v) is 9.09. The number of piperidine rings is 1. The van der Waals surface area contributed by atoms with E-state index in [2.05, 4.69) is 51.6 Å². The van der Waals surface area contributed by atoms with Crippen LogP contribution in [-0.4, -0.2) is 44.3 Å². The molecule has 3 heterocycles. The van der Waals surface area contributed by atoms with Gasteiger partial charge in [-0.25, -0.2) is 0 Å². The van der Waals surface area contributed by atoms with Crippen LogP contribution in [0.4, 0.5) is 0 Å². The molecule has 2 N–H and O–H groups in total. The van der Waals surface area contributed by atoms with Crippen LogP contribution < -0.4 is 0 Å². The summed E-state index contributed by atoms with van der Waals surface area (Å²) in [5, 5.41) is 14.3. The number of carbonyl (C=O) groups excluding carboxylic acids is 1. The van der Waals surface area contributed by atoms with Gasteiger partial charge < -0.3 is 4.90 Å². The number of aromatic nitrogens is 4. The monoisotopic (exact) mass is 369 g/mol. The Hall–Kier alpha value is -2.60. The Morgan fingerprint density at radius 3 is 2.69 bits per heavy atom. The van der Waals surface area contributed by atoms with Crippen molar-refractivity contribution in [1.29, 1.82) is 0 Å². The highest BCUT2D eigenvalue weighted by Gasteiger charge is 2.29. The van der Waals surface area contributed by atoms with Crippen molar-refractivity contribution in [2.24, 2.45) is 0 Å². The van der Waals surface area contributed by atoms with E-state index in [1.807, 2.05) is 11.1 Å². The molecule has 1 fully saturated rings. The molecule has 0 aliphatic carbocycles. The summed E-state index contributed by atoms with van der Waals surface area (Å²) in [5.41, 5.74) is 4.91. The van der Waals surface area contributed by atoms with Crippen LogP contribution in [0, 0.1) is 6.92 Å². The fraction of sp³-hybridized carbons (Fsp3) is 0.316. The maximum atomic E-state index is 12.7. The van der Waals surface area contributed by atoms with Crippen molar-refractivity contribution in [3.8, 4) is 11.1 Å². The van der Waals surface area contributed by atoms with Crippen LogP contribution >= 0.6 is 11.6 Å². The maximum Gasteiger partial charge on any atom is 0.273 e. The van der Waals surface area contributed by atoms with Gasteiger partial charge in [-0.3, -0.25) is 15.0 Å². The first-order chi connectivity index (χ1) is 12.6. The van der Waals surface area contributed by atoms with Gasteiger partial charge in [0.2, 0.25) is 0 Å². The quantitative estimate of drug-likeness (QED) is 0.737. The van der Waals surface area contributed by atoms with E-state index >= 15 is 0 Å². The lowest BCUT2D eigenvalue weighted by Gasteiger charge is -2.32. The highest BCUT2D eigenvalue weighted by atomic mass is 35.5. The van der Waals surface area contributed by atoms with Crippen LogP contribution in [0.25, 0.3) is 11.1 Å². The summed E-state index contributed by atoms with van der Waals surface area (Å²) in [5.74, 6) is 0.113. The Labute approximate surface area is 156 Å². The molecule has 0 spiro atoms. The van der Waals surface area contributed by atoms with Crippen molar-refractivity contribution < 1.29 is 4.79 Å². The molecule has 3 aromatic rings. The zero-order valence-corrected chi connectivity index (χ0v) is 15.3. The number of aromatic amines is 2. The van der Waals surface area contributed by atoms with Gasteiger partial charge in [0.05, 0.1) is 17.4 Å². The largest absolute Gasteiger partial charge is 0.337 e. The van der Waals surface area contributed by atoms with E-state index in [1.165, 1.54) is 11.8 Å². The number of hydrogen-bond donors (Lipinski definition) is 2. The molecule has 0 saturated carbocycles. The fourth-order valence-electron chi connectivity index (χ4n) is 3.55. The number of aryl methyl sites for hydroxylation is 1. The summed E-state index contributed by atoms with van der Waals surface area (Å²) in [6, 6.07) is 8.42. The Morgan fingerprint density at radius 2 is 1.96 bits per heavy atom. The van der Waals surface area contributed by atoms with Gasteiger partial charge in [0.1, 0.15) is 5.69 Å². The van der Waals surface area contributed by atoms with E-state index < -0.39 is 0 Å². The number of likely N-dealkylation sites (tertiary alicyclic amines) is 1. The van der Waals surface area contributed by atoms with Crippen LogP contribution in [0.3, 0.4) is 0 Å². The molecule has 1 unspecified atom stereocenters. The highest BCUT2D eigenvalue weighted by molar-refractivity contribution is 6.33. The van der Waals surface area contributed by atoms with E-state index in [1.54, 1.807) is 0 Å². The van der Waals surface area contributed by atoms with Crippen LogP contribution in [0.2, 0.25) is 5.02 Å². The number of halogens is 1. The molecule has 7 heteroatoms. The predicted octanol–water partition coefficient (Wildman–Crippen LogP) is 3.78. The highest BCUT2D eigenvalue weighted by Crippen LogP contribution is 2.33. The van der Waals surface area contributed by atoms with Crippen LogP contribution in [0.5, 0.6) is 0 Å². The predicted molar refractivity (Wildman–Crippen MR) is 100 cm³/mol. The summed E-state index contributed by atoms with van der Waals surface area (Å²) < 4.78 is 0. The molecule has 1 saturated heterocycles. The van der Waals surface area contributed by atoms with E-state index in [0.29, 0.717) is 17.3 Å². The Kier molecular flexibility index (Phi) is 4.51. The first-order valence-electron chi connectivity index (χ1n) is 8.72. The molecule has 1 amide bonds. The summed E-state index contributed by atoms with van der Waals surface area (Å²) in [7, 11) is 0. The van der Waals surface area contributed by atoms with Crippen molar-refractivity contribution in [1.82, 2.24) is 25.3 Å². The van der Waals surface area contributed by atoms with Crippen molar-refractivity contribution in [3.63, 3.8) is 0 Å². The average Bonchev–Trinajstić information content (AvgIpc) is 3.31. The summed E-state index contributed by atoms with van der Waals surface area (Å²) in [6.45, 7) is 3.43. The van der Waals surface area contributed by atoms with Crippen molar-refractivity contribution >= 4 is 17.5 Å². The standard InChI is InChI=1S/C19H20ClN5O/c1-12-4-6-13(7-5-12)15-9-21-23-17(15)14-3-2-8-25(11-14)19(26)18-16(20)10-22-24-18/h4-7,9-10,14H,2-3,8,11H2,1H3,(H,21,23)(H,22,24). The fourth-order valence-corrected chi connectivity index (χ4v) is 3.72. The molecule has 1 atom stereocenters. The van der Waals surface area contributed by atoms with E-state index in [-0.39, 0.29) is 11.8 Å². The molecular formula is C19H20ClN5O. The SMILES string of the molecule is Cc1ccc(-c2cn[nH]c2C2CCCN(C(=O)c3[nH]ncc3Cl)C2)cc1. The number of carbonyl (C=O) groups is 1. The van der Waals surface area contributed by atoms with Gasteiger partial charge in [-0.1, -0.05) is 41.4 Å². The minimum Gasteiger partial charge on any atom is -0.337 e. The molecule has 2 aromatic heterocycles. The van der Waals surface area contributed by atoms with Crippen LogP contribution in [-0.2, 0) is 0 Å². The van der Waals surface area contributed by atoms with Gasteiger partial charge in [0, 0.05) is 30.3 Å². The second-order valence-electron chi connectivity index (χ2n) is 6.75. The van der Waals surface area contributed by atoms with Crippen LogP contribution in [0.15, 0.2) is 36.7 Å². The number of benzene rings is 1. The number of nitrogens with one attached hydrogen (secondary N) is 2. The third-order valence-corrected chi connectivity index (χ3v) is 5.24. The van der Waals surface area contributed by atoms with Crippen molar-refractivity contribution in [2.75, 3.05) is 13.1 Å². The number of hydrogen-bond acceptors (Lipinski definition) is 3. The third kappa shape index (κ3) is 3.12. The third-order valence-electron chi connectivity index (χ3n) is 4.96. The Morgan fingerprint density at radius 1 is 1.19 bits per heavy atom. The molecule has 1 aromatic carbocycles. The van der Waals surface area contributed by atoms with Crippen molar-refractivity contribution in [2.45, 2.75) is 25.7 Å². The molecule has 1 aliphatic rings. The number of rotatable bonds is 3. The summed E-state index contributed by atoms with van der Waals surface area (Å²) >= 11 is 6.05. The Balaban J connectivity index is 1.57. The van der Waals surface area contributed by atoms with Gasteiger partial charge in [-0.05, 0) is 25.3 Å². The molecule has 4 rings (SSSR count). The molecule has 6 nitrogen and oxygen atoms in total. The zero-order valence-electron chi connectivity index (χ0n) is 14.5. The van der Waals surface area contributed by atoms with Gasteiger partial charge in [-0.2, -0.15) is 10.2 Å². The lowest BCUT2D eigenvalue weighted by atomic mass is 9.90. The molecule has 0 radical (unpaired) electrons. The smallest absolute Gasteiger partial charge is 0.273 e. The maximum absolute atomic E-state index is 12.7. The number of amides is 1. The lowest BCUT2D eigenvalue weighted by molar-refractivity contribution is 0.0700.